The number of ether oxygens (including phenoxy) is 2. The Morgan fingerprint density at radius 2 is 1.63 bits per heavy atom. The molecule has 4 heteroatoms. The lowest BCUT2D eigenvalue weighted by Crippen LogP contribution is -2.01. The van der Waals surface area contributed by atoms with E-state index in [0.717, 1.165) is 28.0 Å². The van der Waals surface area contributed by atoms with Gasteiger partial charge >= 0.3 is 0 Å². The molecule has 1 N–H and O–H groups in total. The van der Waals surface area contributed by atoms with Gasteiger partial charge in [0.1, 0.15) is 18.1 Å². The van der Waals surface area contributed by atoms with Gasteiger partial charge in [0.15, 0.2) is 0 Å². The average molecular weight is 357 g/mol. The van der Waals surface area contributed by atoms with Gasteiger partial charge in [0.2, 0.25) is 5.78 Å². The van der Waals surface area contributed by atoms with Gasteiger partial charge in [-0.25, -0.2) is 0 Å². The van der Waals surface area contributed by atoms with Gasteiger partial charge in [-0.2, -0.15) is 0 Å². The summed E-state index contributed by atoms with van der Waals surface area (Å²) in [6.45, 7) is 0.508. The van der Waals surface area contributed by atoms with Crippen molar-refractivity contribution in [3.63, 3.8) is 0 Å². The Morgan fingerprint density at radius 1 is 0.889 bits per heavy atom. The first kappa shape index (κ1) is 16.9. The second-order valence-corrected chi connectivity index (χ2v) is 6.26. The zero-order chi connectivity index (χ0) is 18.6. The molecule has 0 bridgehead atoms. The summed E-state index contributed by atoms with van der Waals surface area (Å²) < 4.78 is 11.0. The molecule has 0 atom stereocenters. The summed E-state index contributed by atoms with van der Waals surface area (Å²) in [6, 6.07) is 24.8. The third kappa shape index (κ3) is 3.70. The number of ketones is 1. The molecular weight excluding hydrogens is 338 g/mol. The first-order chi connectivity index (χ1) is 13.2. The van der Waals surface area contributed by atoms with Crippen LogP contribution in [0.5, 0.6) is 11.5 Å². The second-order valence-electron chi connectivity index (χ2n) is 6.26. The van der Waals surface area contributed by atoms with Crippen LogP contribution in [0.1, 0.15) is 21.6 Å². The third-order valence-corrected chi connectivity index (χ3v) is 4.44. The molecule has 4 aromatic rings. The summed E-state index contributed by atoms with van der Waals surface area (Å²) in [5, 5.41) is 0.942. The highest BCUT2D eigenvalue weighted by Crippen LogP contribution is 2.24. The second kappa shape index (κ2) is 7.38. The molecule has 0 aliphatic heterocycles. The summed E-state index contributed by atoms with van der Waals surface area (Å²) >= 11 is 0. The maximum Gasteiger partial charge on any atom is 0.209 e. The van der Waals surface area contributed by atoms with E-state index < -0.39 is 0 Å². The highest BCUT2D eigenvalue weighted by molar-refractivity contribution is 6.10. The van der Waals surface area contributed by atoms with Gasteiger partial charge < -0.3 is 14.5 Å². The number of methoxy groups -OCH3 is 1. The Bertz CT molecular complexity index is 1070. The van der Waals surface area contributed by atoms with Crippen molar-refractivity contribution in [2.45, 2.75) is 6.61 Å². The Labute approximate surface area is 157 Å². The quantitative estimate of drug-likeness (QED) is 0.495. The predicted molar refractivity (Wildman–Crippen MR) is 105 cm³/mol. The lowest BCUT2D eigenvalue weighted by Gasteiger charge is -2.06. The molecule has 27 heavy (non-hydrogen) atoms. The van der Waals surface area contributed by atoms with Crippen molar-refractivity contribution < 1.29 is 14.3 Å². The van der Waals surface area contributed by atoms with E-state index in [0.29, 0.717) is 17.9 Å². The summed E-state index contributed by atoms with van der Waals surface area (Å²) in [7, 11) is 1.60. The average Bonchev–Trinajstić information content (AvgIpc) is 3.16. The topological polar surface area (TPSA) is 51.3 Å². The fourth-order valence-electron chi connectivity index (χ4n) is 2.96. The van der Waals surface area contributed by atoms with E-state index in [1.807, 2.05) is 54.6 Å². The molecule has 4 rings (SSSR count). The molecule has 3 aromatic carbocycles. The molecule has 1 aromatic heterocycles. The monoisotopic (exact) mass is 357 g/mol. The fourth-order valence-corrected chi connectivity index (χ4v) is 2.96. The van der Waals surface area contributed by atoms with Crippen LogP contribution in [-0.2, 0) is 6.61 Å². The Morgan fingerprint density at radius 3 is 2.37 bits per heavy atom. The van der Waals surface area contributed by atoms with Gasteiger partial charge in [0.05, 0.1) is 12.8 Å². The van der Waals surface area contributed by atoms with Crippen LogP contribution in [0.4, 0.5) is 0 Å². The van der Waals surface area contributed by atoms with E-state index in [4.69, 9.17) is 9.47 Å². The van der Waals surface area contributed by atoms with Crippen molar-refractivity contribution in [1.29, 1.82) is 0 Å². The molecule has 0 saturated heterocycles. The van der Waals surface area contributed by atoms with Gasteiger partial charge in [0.25, 0.3) is 0 Å². The van der Waals surface area contributed by atoms with Crippen LogP contribution < -0.4 is 9.47 Å². The number of carbonyl (C=O) groups excluding carboxylic acids is 1. The van der Waals surface area contributed by atoms with Crippen molar-refractivity contribution in [1.82, 2.24) is 4.98 Å². The van der Waals surface area contributed by atoms with Crippen LogP contribution in [0.15, 0.2) is 78.9 Å². The number of carbonyl (C=O) groups is 1. The van der Waals surface area contributed by atoms with Gasteiger partial charge in [-0.05, 0) is 54.1 Å². The smallest absolute Gasteiger partial charge is 0.209 e. The Balaban J connectivity index is 1.54. The summed E-state index contributed by atoms with van der Waals surface area (Å²) in [6.07, 6.45) is 0. The molecule has 0 fully saturated rings. The highest BCUT2D eigenvalue weighted by atomic mass is 16.5. The molecule has 0 radical (unpaired) electrons. The first-order valence-corrected chi connectivity index (χ1v) is 8.71. The molecule has 0 unspecified atom stereocenters. The number of hydrogen-bond acceptors (Lipinski definition) is 3. The zero-order valence-corrected chi connectivity index (χ0v) is 14.9. The minimum absolute atomic E-state index is 0.0550. The van der Waals surface area contributed by atoms with Crippen LogP contribution in [0.25, 0.3) is 10.9 Å². The molecular formula is C23H19NO3. The summed E-state index contributed by atoms with van der Waals surface area (Å²) in [5.41, 5.74) is 3.18. The standard InChI is InChI=1S/C23H19NO3/c1-26-19-9-7-17(8-10-19)23(25)22-14-18-13-20(11-12-21(18)24-22)27-15-16-5-3-2-4-6-16/h2-14,24H,15H2,1H3. The predicted octanol–water partition coefficient (Wildman–Crippen LogP) is 4.99. The molecule has 1 heterocycles. The molecule has 0 spiro atoms. The van der Waals surface area contributed by atoms with E-state index in [2.05, 4.69) is 4.98 Å². The number of aromatic nitrogens is 1. The first-order valence-electron chi connectivity index (χ1n) is 8.71. The van der Waals surface area contributed by atoms with Gasteiger partial charge in [-0.1, -0.05) is 30.3 Å². The van der Waals surface area contributed by atoms with Crippen molar-refractivity contribution in [2.75, 3.05) is 7.11 Å². The molecule has 0 aliphatic carbocycles. The SMILES string of the molecule is COc1ccc(C(=O)c2cc3cc(OCc4ccccc4)ccc3[nH]2)cc1. The minimum atomic E-state index is -0.0550. The Kier molecular flexibility index (Phi) is 4.62. The maximum absolute atomic E-state index is 12.7. The molecule has 134 valence electrons. The van der Waals surface area contributed by atoms with Crippen LogP contribution in [0, 0.1) is 0 Å². The molecule has 4 nitrogen and oxygen atoms in total. The van der Waals surface area contributed by atoms with E-state index in [9.17, 15) is 4.79 Å². The van der Waals surface area contributed by atoms with E-state index in [-0.39, 0.29) is 5.78 Å². The highest BCUT2D eigenvalue weighted by Gasteiger charge is 2.13. The van der Waals surface area contributed by atoms with Gasteiger partial charge in [0, 0.05) is 16.5 Å². The molecule has 0 aliphatic rings. The summed E-state index contributed by atoms with van der Waals surface area (Å²) in [5.74, 6) is 1.44. The number of nitrogens with one attached hydrogen (secondary N) is 1. The van der Waals surface area contributed by atoms with Crippen molar-refractivity contribution in [2.24, 2.45) is 0 Å². The van der Waals surface area contributed by atoms with Gasteiger partial charge in [-0.3, -0.25) is 4.79 Å². The lowest BCUT2D eigenvalue weighted by atomic mass is 10.1. The van der Waals surface area contributed by atoms with Crippen molar-refractivity contribution in [3.05, 3.63) is 95.7 Å². The minimum Gasteiger partial charge on any atom is -0.497 e. The number of hydrogen-bond donors (Lipinski definition) is 1. The number of fused-ring (bicyclic) bond motifs is 1. The number of rotatable bonds is 6. The van der Waals surface area contributed by atoms with Crippen LogP contribution in [-0.4, -0.2) is 17.9 Å². The van der Waals surface area contributed by atoms with Crippen LogP contribution in [0.3, 0.4) is 0 Å². The van der Waals surface area contributed by atoms with Crippen molar-refractivity contribution >= 4 is 16.7 Å². The number of H-pyrrole nitrogens is 1. The zero-order valence-electron chi connectivity index (χ0n) is 14.9. The van der Waals surface area contributed by atoms with Crippen LogP contribution in [0.2, 0.25) is 0 Å². The number of benzene rings is 3. The molecule has 0 amide bonds. The fraction of sp³-hybridized carbons (Fsp3) is 0.0870. The third-order valence-electron chi connectivity index (χ3n) is 4.44. The van der Waals surface area contributed by atoms with Crippen LogP contribution >= 0.6 is 0 Å². The van der Waals surface area contributed by atoms with Gasteiger partial charge in [-0.15, -0.1) is 0 Å². The van der Waals surface area contributed by atoms with Crippen molar-refractivity contribution in [3.8, 4) is 11.5 Å². The maximum atomic E-state index is 12.7. The summed E-state index contributed by atoms with van der Waals surface area (Å²) in [4.78, 5) is 15.9. The lowest BCUT2D eigenvalue weighted by molar-refractivity contribution is 0.103. The number of aromatic amines is 1. The van der Waals surface area contributed by atoms with E-state index in [1.165, 1.54) is 0 Å². The largest absolute Gasteiger partial charge is 0.497 e. The Hall–Kier alpha value is -3.53. The molecule has 0 saturated carbocycles. The van der Waals surface area contributed by atoms with E-state index in [1.54, 1.807) is 31.4 Å². The normalized spacial score (nSPS) is 10.7. The van der Waals surface area contributed by atoms with E-state index >= 15 is 0 Å².